The minimum atomic E-state index is 0.0959. The second kappa shape index (κ2) is 7.18. The Bertz CT molecular complexity index is 672. The van der Waals surface area contributed by atoms with Gasteiger partial charge in [-0.05, 0) is 48.8 Å². The van der Waals surface area contributed by atoms with Gasteiger partial charge >= 0.3 is 0 Å². The van der Waals surface area contributed by atoms with E-state index in [1.54, 1.807) is 6.07 Å². The van der Waals surface area contributed by atoms with E-state index in [1.807, 2.05) is 36.4 Å². The van der Waals surface area contributed by atoms with Gasteiger partial charge < -0.3 is 15.1 Å². The van der Waals surface area contributed by atoms with Gasteiger partial charge in [0.05, 0.1) is 5.71 Å². The molecule has 0 spiro atoms. The maximum Gasteiger partial charge on any atom is 0.142 e. The fourth-order valence-electron chi connectivity index (χ4n) is 3.00. The molecule has 23 heavy (non-hydrogen) atoms. The molecule has 0 radical (unpaired) electrons. The van der Waals surface area contributed by atoms with Crippen LogP contribution in [0.25, 0.3) is 0 Å². The second-order valence-electron chi connectivity index (χ2n) is 5.93. The number of benzene rings is 2. The van der Waals surface area contributed by atoms with Gasteiger partial charge in [-0.2, -0.15) is 0 Å². The van der Waals surface area contributed by atoms with Gasteiger partial charge in [-0.15, -0.1) is 0 Å². The molecule has 1 fully saturated rings. The van der Waals surface area contributed by atoms with Crippen LogP contribution < -0.4 is 0 Å². The Labute approximate surface area is 136 Å². The Morgan fingerprint density at radius 3 is 2.43 bits per heavy atom. The summed E-state index contributed by atoms with van der Waals surface area (Å²) in [6.45, 7) is 0.493. The molecule has 0 unspecified atom stereocenters. The van der Waals surface area contributed by atoms with Crippen molar-refractivity contribution in [1.29, 1.82) is 0 Å². The van der Waals surface area contributed by atoms with Gasteiger partial charge in [0.25, 0.3) is 0 Å². The SMILES string of the molecule is Oc1ccc(C2CCC(=NOCc3ccccc3)CC2)c(O)c1. The van der Waals surface area contributed by atoms with Crippen molar-refractivity contribution in [3.05, 3.63) is 59.7 Å². The van der Waals surface area contributed by atoms with Crippen molar-refractivity contribution in [2.24, 2.45) is 5.16 Å². The van der Waals surface area contributed by atoms with E-state index in [2.05, 4.69) is 5.16 Å². The Balaban J connectivity index is 1.53. The third-order valence-electron chi connectivity index (χ3n) is 4.28. The molecule has 0 aliphatic heterocycles. The van der Waals surface area contributed by atoms with E-state index in [0.29, 0.717) is 12.5 Å². The fraction of sp³-hybridized carbons (Fsp3) is 0.316. The van der Waals surface area contributed by atoms with E-state index in [4.69, 9.17) is 4.84 Å². The minimum Gasteiger partial charge on any atom is -0.508 e. The summed E-state index contributed by atoms with van der Waals surface area (Å²) in [4.78, 5) is 5.45. The second-order valence-corrected chi connectivity index (χ2v) is 5.93. The van der Waals surface area contributed by atoms with Gasteiger partial charge in [0.1, 0.15) is 18.1 Å². The lowest BCUT2D eigenvalue weighted by molar-refractivity contribution is 0.128. The molecule has 1 saturated carbocycles. The van der Waals surface area contributed by atoms with Gasteiger partial charge in [0.2, 0.25) is 0 Å². The number of phenolic OH excluding ortho intramolecular Hbond substituents is 2. The predicted molar refractivity (Wildman–Crippen MR) is 89.6 cm³/mol. The lowest BCUT2D eigenvalue weighted by Gasteiger charge is -2.23. The van der Waals surface area contributed by atoms with Crippen LogP contribution in [0.5, 0.6) is 11.5 Å². The molecule has 0 aromatic heterocycles. The quantitative estimate of drug-likeness (QED) is 0.826. The van der Waals surface area contributed by atoms with Crippen molar-refractivity contribution >= 4 is 5.71 Å². The molecule has 4 heteroatoms. The van der Waals surface area contributed by atoms with Crippen molar-refractivity contribution < 1.29 is 15.1 Å². The van der Waals surface area contributed by atoms with Gasteiger partial charge in [0, 0.05) is 6.07 Å². The molecule has 3 rings (SSSR count). The third-order valence-corrected chi connectivity index (χ3v) is 4.28. The molecule has 2 N–H and O–H groups in total. The zero-order chi connectivity index (χ0) is 16.1. The van der Waals surface area contributed by atoms with E-state index >= 15 is 0 Å². The number of nitrogens with zero attached hydrogens (tertiary/aromatic N) is 1. The summed E-state index contributed by atoms with van der Waals surface area (Å²) in [5.41, 5.74) is 3.10. The van der Waals surface area contributed by atoms with Crippen LogP contribution in [0.1, 0.15) is 42.7 Å². The number of hydrogen-bond acceptors (Lipinski definition) is 4. The highest BCUT2D eigenvalue weighted by Crippen LogP contribution is 2.37. The first-order valence-corrected chi connectivity index (χ1v) is 7.96. The van der Waals surface area contributed by atoms with Crippen molar-refractivity contribution in [3.63, 3.8) is 0 Å². The molecule has 0 bridgehead atoms. The highest BCUT2D eigenvalue weighted by molar-refractivity contribution is 5.84. The summed E-state index contributed by atoms with van der Waals surface area (Å²) < 4.78 is 0. The smallest absolute Gasteiger partial charge is 0.142 e. The number of rotatable bonds is 4. The summed E-state index contributed by atoms with van der Waals surface area (Å²) >= 11 is 0. The molecule has 4 nitrogen and oxygen atoms in total. The van der Waals surface area contributed by atoms with Crippen molar-refractivity contribution in [1.82, 2.24) is 0 Å². The van der Waals surface area contributed by atoms with E-state index in [9.17, 15) is 10.2 Å². The summed E-state index contributed by atoms with van der Waals surface area (Å²) in [5.74, 6) is 0.581. The first-order chi connectivity index (χ1) is 11.2. The zero-order valence-electron chi connectivity index (χ0n) is 13.0. The topological polar surface area (TPSA) is 62.1 Å². The third kappa shape index (κ3) is 4.03. The summed E-state index contributed by atoms with van der Waals surface area (Å²) in [5, 5.41) is 23.6. The molecule has 0 saturated heterocycles. The van der Waals surface area contributed by atoms with Gasteiger partial charge in [-0.3, -0.25) is 0 Å². The van der Waals surface area contributed by atoms with Crippen LogP contribution in [0.4, 0.5) is 0 Å². The van der Waals surface area contributed by atoms with E-state index in [0.717, 1.165) is 42.5 Å². The molecule has 120 valence electrons. The fourth-order valence-corrected chi connectivity index (χ4v) is 3.00. The van der Waals surface area contributed by atoms with Crippen LogP contribution in [-0.4, -0.2) is 15.9 Å². The van der Waals surface area contributed by atoms with Crippen LogP contribution in [-0.2, 0) is 11.4 Å². The molecule has 0 atom stereocenters. The highest BCUT2D eigenvalue weighted by Gasteiger charge is 2.22. The average Bonchev–Trinajstić information content (AvgIpc) is 2.57. The molecular weight excluding hydrogens is 290 g/mol. The largest absolute Gasteiger partial charge is 0.508 e. The van der Waals surface area contributed by atoms with E-state index in [1.165, 1.54) is 6.07 Å². The normalized spacial score (nSPS) is 17.7. The van der Waals surface area contributed by atoms with Crippen LogP contribution in [0.15, 0.2) is 53.7 Å². The van der Waals surface area contributed by atoms with E-state index in [-0.39, 0.29) is 11.5 Å². The van der Waals surface area contributed by atoms with Crippen LogP contribution >= 0.6 is 0 Å². The summed E-state index contributed by atoms with van der Waals surface area (Å²) in [6, 6.07) is 14.8. The van der Waals surface area contributed by atoms with Gasteiger partial charge in [0.15, 0.2) is 0 Å². The molecule has 2 aromatic carbocycles. The molecule has 2 aromatic rings. The zero-order valence-corrected chi connectivity index (χ0v) is 13.0. The first kappa shape index (κ1) is 15.4. The minimum absolute atomic E-state index is 0.0959. The maximum atomic E-state index is 9.96. The predicted octanol–water partition coefficient (Wildman–Crippen LogP) is 4.33. The number of hydrogen-bond donors (Lipinski definition) is 2. The average molecular weight is 311 g/mol. The maximum absolute atomic E-state index is 9.96. The lowest BCUT2D eigenvalue weighted by atomic mass is 9.83. The lowest BCUT2D eigenvalue weighted by Crippen LogP contribution is -2.13. The highest BCUT2D eigenvalue weighted by atomic mass is 16.6. The van der Waals surface area contributed by atoms with Gasteiger partial charge in [-0.1, -0.05) is 41.6 Å². The molecular formula is C19H21NO3. The van der Waals surface area contributed by atoms with Crippen LogP contribution in [0.2, 0.25) is 0 Å². The number of aromatic hydroxyl groups is 2. The van der Waals surface area contributed by atoms with Crippen LogP contribution in [0, 0.1) is 0 Å². The molecule has 0 heterocycles. The standard InChI is InChI=1S/C19H21NO3/c21-17-10-11-18(19(22)12-17)15-6-8-16(9-7-15)20-23-13-14-4-2-1-3-5-14/h1-5,10-12,15,21-22H,6-9,13H2. The van der Waals surface area contributed by atoms with Crippen molar-refractivity contribution in [2.75, 3.05) is 0 Å². The Hall–Kier alpha value is -2.49. The Kier molecular flexibility index (Phi) is 4.81. The Morgan fingerprint density at radius 1 is 1.00 bits per heavy atom. The molecule has 1 aliphatic rings. The first-order valence-electron chi connectivity index (χ1n) is 7.96. The van der Waals surface area contributed by atoms with Crippen molar-refractivity contribution in [3.8, 4) is 11.5 Å². The number of phenols is 2. The summed E-state index contributed by atoms with van der Waals surface area (Å²) in [6.07, 6.45) is 3.62. The molecule has 1 aliphatic carbocycles. The van der Waals surface area contributed by atoms with Crippen molar-refractivity contribution in [2.45, 2.75) is 38.2 Å². The monoisotopic (exact) mass is 311 g/mol. The van der Waals surface area contributed by atoms with Crippen LogP contribution in [0.3, 0.4) is 0 Å². The molecule has 0 amide bonds. The van der Waals surface area contributed by atoms with E-state index < -0.39 is 0 Å². The number of oxime groups is 1. The summed E-state index contributed by atoms with van der Waals surface area (Å²) in [7, 11) is 0. The van der Waals surface area contributed by atoms with Gasteiger partial charge in [-0.25, -0.2) is 0 Å². The Morgan fingerprint density at radius 2 is 1.74 bits per heavy atom.